The highest BCUT2D eigenvalue weighted by Crippen LogP contribution is 2.34. The van der Waals surface area contributed by atoms with E-state index < -0.39 is 58.3 Å². The number of aromatic nitrogens is 1. The summed E-state index contributed by atoms with van der Waals surface area (Å²) in [5, 5.41) is 14.3. The fourth-order valence-corrected chi connectivity index (χ4v) is 7.58. The third kappa shape index (κ3) is 6.32. The molecule has 2 aliphatic heterocycles. The maximum atomic E-state index is 14.0. The van der Waals surface area contributed by atoms with Gasteiger partial charge in [-0.05, 0) is 53.4 Å². The molecule has 46 heavy (non-hydrogen) atoms. The second kappa shape index (κ2) is 12.7. The topological polar surface area (TPSA) is 140 Å². The lowest BCUT2D eigenvalue weighted by atomic mass is 10.0. The Hall–Kier alpha value is -5.14. The minimum Gasteiger partial charge on any atom is -0.619 e. The van der Waals surface area contributed by atoms with Crippen LogP contribution in [0.1, 0.15) is 12.0 Å². The lowest BCUT2D eigenvalue weighted by Crippen LogP contribution is -2.53. The van der Waals surface area contributed by atoms with Crippen molar-refractivity contribution in [3.05, 3.63) is 120 Å². The van der Waals surface area contributed by atoms with E-state index in [4.69, 9.17) is 4.74 Å². The molecule has 236 valence electrons. The molecule has 0 bridgehead atoms. The highest BCUT2D eigenvalue weighted by molar-refractivity contribution is 7.89. The fraction of sp³-hybridized carbons (Fsp3) is 0.212. The Morgan fingerprint density at radius 1 is 0.978 bits per heavy atom. The minimum absolute atomic E-state index is 0.0429. The first-order valence-electron chi connectivity index (χ1n) is 14.5. The van der Waals surface area contributed by atoms with Crippen molar-refractivity contribution in [2.75, 3.05) is 13.1 Å². The van der Waals surface area contributed by atoms with Gasteiger partial charge in [-0.25, -0.2) is 17.6 Å². The standard InChI is InChI=1S/C33H29FN4O7S/c34-25-12-8-22(9-13-25)19-28(35-33(41)45-26-14-10-24(11-15-26)23-5-2-1-3-6-23)32(40)37-18-16-29-31(37)30(39)21-38(29)46(43,44)27-7-4-17-36(42)20-27/h1-15,17,20,28-29,31H,16,18-19,21H2,(H,35,41). The number of fused-ring (bicyclic) bond motifs is 1. The largest absolute Gasteiger partial charge is 0.619 e. The van der Waals surface area contributed by atoms with Crippen LogP contribution < -0.4 is 14.8 Å². The Kier molecular flexibility index (Phi) is 8.52. The smallest absolute Gasteiger partial charge is 0.413 e. The number of ketones is 1. The van der Waals surface area contributed by atoms with Gasteiger partial charge in [-0.15, -0.1) is 0 Å². The van der Waals surface area contributed by atoms with Crippen molar-refractivity contribution in [1.29, 1.82) is 0 Å². The first kappa shape index (κ1) is 30.9. The zero-order valence-corrected chi connectivity index (χ0v) is 25.2. The van der Waals surface area contributed by atoms with Gasteiger partial charge in [0, 0.05) is 19.0 Å². The van der Waals surface area contributed by atoms with E-state index in [0.29, 0.717) is 10.3 Å². The summed E-state index contributed by atoms with van der Waals surface area (Å²) < 4.78 is 47.2. The Labute approximate surface area is 264 Å². The van der Waals surface area contributed by atoms with Gasteiger partial charge in [0.05, 0.1) is 12.6 Å². The summed E-state index contributed by atoms with van der Waals surface area (Å²) >= 11 is 0. The van der Waals surface area contributed by atoms with Crippen LogP contribution in [0, 0.1) is 11.0 Å². The van der Waals surface area contributed by atoms with E-state index in [-0.39, 0.29) is 30.0 Å². The van der Waals surface area contributed by atoms with Gasteiger partial charge in [0.2, 0.25) is 15.9 Å². The van der Waals surface area contributed by atoms with Crippen LogP contribution in [0.2, 0.25) is 0 Å². The van der Waals surface area contributed by atoms with Gasteiger partial charge in [-0.3, -0.25) is 9.59 Å². The molecule has 2 saturated heterocycles. The molecule has 3 aromatic carbocycles. The molecule has 0 aliphatic carbocycles. The van der Waals surface area contributed by atoms with Gasteiger partial charge >= 0.3 is 6.09 Å². The summed E-state index contributed by atoms with van der Waals surface area (Å²) in [5.74, 6) is -1.33. The SMILES string of the molecule is O=C(NC(Cc1ccc(F)cc1)C(=O)N1CCC2C1C(=O)CN2S(=O)(=O)c1ccc[n+]([O-])c1)Oc1ccc(-c2ccccc2)cc1. The molecule has 0 saturated carbocycles. The molecule has 13 heteroatoms. The van der Waals surface area contributed by atoms with E-state index in [2.05, 4.69) is 5.32 Å². The van der Waals surface area contributed by atoms with Crippen LogP contribution in [0.4, 0.5) is 9.18 Å². The number of nitrogens with one attached hydrogen (secondary N) is 1. The van der Waals surface area contributed by atoms with E-state index in [0.717, 1.165) is 27.8 Å². The van der Waals surface area contributed by atoms with Gasteiger partial charge in [-0.1, -0.05) is 54.6 Å². The van der Waals surface area contributed by atoms with Gasteiger partial charge < -0.3 is 20.2 Å². The van der Waals surface area contributed by atoms with Gasteiger partial charge in [0.1, 0.15) is 28.5 Å². The zero-order valence-electron chi connectivity index (χ0n) is 24.4. The average molecular weight is 645 g/mol. The first-order chi connectivity index (χ1) is 22.1. The lowest BCUT2D eigenvalue weighted by molar-refractivity contribution is -0.607. The number of rotatable bonds is 8. The normalized spacial score (nSPS) is 18.6. The van der Waals surface area contributed by atoms with E-state index >= 15 is 0 Å². The van der Waals surface area contributed by atoms with Gasteiger partial charge in [0.15, 0.2) is 18.2 Å². The molecular weight excluding hydrogens is 615 g/mol. The molecule has 2 aliphatic rings. The Morgan fingerprint density at radius 2 is 1.67 bits per heavy atom. The van der Waals surface area contributed by atoms with E-state index in [9.17, 15) is 32.4 Å². The zero-order chi connectivity index (χ0) is 32.4. The van der Waals surface area contributed by atoms with Crippen molar-refractivity contribution in [1.82, 2.24) is 14.5 Å². The highest BCUT2D eigenvalue weighted by Gasteiger charge is 2.54. The maximum Gasteiger partial charge on any atom is 0.413 e. The van der Waals surface area contributed by atoms with Crippen molar-refractivity contribution in [3.8, 4) is 16.9 Å². The Bertz CT molecular complexity index is 1870. The van der Waals surface area contributed by atoms with Crippen molar-refractivity contribution >= 4 is 27.8 Å². The number of pyridine rings is 1. The van der Waals surface area contributed by atoms with E-state index in [1.807, 2.05) is 30.3 Å². The molecule has 0 radical (unpaired) electrons. The second-order valence-electron chi connectivity index (χ2n) is 11.1. The average Bonchev–Trinajstić information content (AvgIpc) is 3.63. The number of hydrogen-bond donors (Lipinski definition) is 1. The molecule has 11 nitrogen and oxygen atoms in total. The number of hydrogen-bond acceptors (Lipinski definition) is 7. The Balaban J connectivity index is 1.20. The van der Waals surface area contributed by atoms with Crippen molar-refractivity contribution in [2.45, 2.75) is 35.9 Å². The van der Waals surface area contributed by atoms with Gasteiger partial charge in [-0.2, -0.15) is 9.04 Å². The monoisotopic (exact) mass is 644 g/mol. The quantitative estimate of drug-likeness (QED) is 0.230. The number of carbonyl (C=O) groups excluding carboxylic acids is 3. The van der Waals surface area contributed by atoms with Crippen LogP contribution in [0.25, 0.3) is 11.1 Å². The van der Waals surface area contributed by atoms with E-state index in [1.54, 1.807) is 24.3 Å². The Morgan fingerprint density at radius 3 is 2.37 bits per heavy atom. The molecule has 3 unspecified atom stereocenters. The van der Waals surface area contributed by atoms with Crippen LogP contribution in [0.15, 0.2) is 108 Å². The number of likely N-dealkylation sites (tertiary alicyclic amines) is 1. The van der Waals surface area contributed by atoms with Crippen molar-refractivity contribution in [2.24, 2.45) is 0 Å². The highest BCUT2D eigenvalue weighted by atomic mass is 32.2. The molecule has 2 amide bonds. The number of ether oxygens (including phenoxy) is 1. The van der Waals surface area contributed by atoms with Crippen LogP contribution in [-0.4, -0.2) is 66.6 Å². The molecule has 4 aromatic rings. The summed E-state index contributed by atoms with van der Waals surface area (Å²) in [6, 6.07) is 21.3. The summed E-state index contributed by atoms with van der Waals surface area (Å²) in [4.78, 5) is 41.3. The molecule has 1 N–H and O–H groups in total. The molecule has 2 fully saturated rings. The van der Waals surface area contributed by atoms with Crippen LogP contribution in [0.5, 0.6) is 5.75 Å². The molecule has 3 atom stereocenters. The summed E-state index contributed by atoms with van der Waals surface area (Å²) in [6.45, 7) is -0.411. The minimum atomic E-state index is -4.22. The lowest BCUT2D eigenvalue weighted by Gasteiger charge is -2.28. The molecule has 3 heterocycles. The number of Topliss-reactive ketones (excluding diaryl/α,β-unsaturated/α-hetero) is 1. The molecule has 1 aromatic heterocycles. The van der Waals surface area contributed by atoms with Gasteiger partial charge in [0.25, 0.3) is 0 Å². The second-order valence-corrected chi connectivity index (χ2v) is 12.9. The first-order valence-corrected chi connectivity index (χ1v) is 16.0. The third-order valence-corrected chi connectivity index (χ3v) is 9.98. The maximum absolute atomic E-state index is 14.0. The van der Waals surface area contributed by atoms with E-state index in [1.165, 1.54) is 41.3 Å². The third-order valence-electron chi connectivity index (χ3n) is 8.13. The van der Waals surface area contributed by atoms with Crippen LogP contribution in [0.3, 0.4) is 0 Å². The predicted molar refractivity (Wildman–Crippen MR) is 163 cm³/mol. The number of nitrogens with zero attached hydrogens (tertiary/aromatic N) is 3. The number of halogens is 1. The number of benzene rings is 3. The number of carbonyl (C=O) groups is 3. The van der Waals surface area contributed by atoms with Crippen LogP contribution >= 0.6 is 0 Å². The number of amides is 2. The molecule has 6 rings (SSSR count). The summed E-state index contributed by atoms with van der Waals surface area (Å²) in [7, 11) is -4.22. The molecular formula is C33H29FN4O7S. The predicted octanol–water partition coefficient (Wildman–Crippen LogP) is 3.07. The fourth-order valence-electron chi connectivity index (χ4n) is 5.94. The van der Waals surface area contributed by atoms with Crippen molar-refractivity contribution < 1.29 is 36.7 Å². The van der Waals surface area contributed by atoms with Crippen molar-refractivity contribution in [3.63, 3.8) is 0 Å². The number of sulfonamides is 1. The summed E-state index contributed by atoms with van der Waals surface area (Å²) in [6.07, 6.45) is 1.27. The molecule has 0 spiro atoms. The summed E-state index contributed by atoms with van der Waals surface area (Å²) in [5.41, 5.74) is 2.44. The van der Waals surface area contributed by atoms with Crippen LogP contribution in [-0.2, 0) is 26.0 Å².